The van der Waals surface area contributed by atoms with Crippen molar-refractivity contribution in [2.75, 3.05) is 44.2 Å². The molecule has 0 bridgehead atoms. The number of carbonyl (C=O) groups is 1. The van der Waals surface area contributed by atoms with Crippen molar-refractivity contribution in [1.29, 1.82) is 0 Å². The number of piperazine rings is 1. The number of anilines is 1. The maximum Gasteiger partial charge on any atom is 0.332 e. The summed E-state index contributed by atoms with van der Waals surface area (Å²) < 4.78 is 5.25. The smallest absolute Gasteiger partial charge is 0.332 e. The Kier molecular flexibility index (Phi) is 6.02. The van der Waals surface area contributed by atoms with Crippen LogP contribution < -0.4 is 4.90 Å². The molecule has 1 unspecified atom stereocenters. The van der Waals surface area contributed by atoms with Crippen LogP contribution in [0.5, 0.6) is 0 Å². The second-order valence-corrected chi connectivity index (χ2v) is 5.24. The molecule has 0 aliphatic carbocycles. The average Bonchev–Trinajstić information content (AvgIpc) is 2.52. The van der Waals surface area contributed by atoms with E-state index in [-0.39, 0.29) is 0 Å². The van der Waals surface area contributed by atoms with Gasteiger partial charge in [-0.1, -0.05) is 18.2 Å². The van der Waals surface area contributed by atoms with E-state index in [9.17, 15) is 4.79 Å². The van der Waals surface area contributed by atoms with Gasteiger partial charge < -0.3 is 14.7 Å². The van der Waals surface area contributed by atoms with E-state index in [1.54, 1.807) is 0 Å². The van der Waals surface area contributed by atoms with E-state index in [0.29, 0.717) is 13.0 Å². The van der Waals surface area contributed by atoms with Gasteiger partial charge in [-0.15, -0.1) is 0 Å². The standard InChI is InChI=1S/C16H24N2O3/c1-2-21-15(16(19)20)8-9-17-10-12-18(13-11-17)14-6-4-3-5-7-14/h3-7,15H,2,8-13H2,1H3,(H,19,20). The fourth-order valence-electron chi connectivity index (χ4n) is 2.65. The monoisotopic (exact) mass is 292 g/mol. The molecule has 1 saturated heterocycles. The number of carboxylic acids is 1. The number of hydrogen-bond donors (Lipinski definition) is 1. The van der Waals surface area contributed by atoms with E-state index in [0.717, 1.165) is 32.7 Å². The van der Waals surface area contributed by atoms with Crippen molar-refractivity contribution in [2.24, 2.45) is 0 Å². The first kappa shape index (κ1) is 15.8. The van der Waals surface area contributed by atoms with Crippen LogP contribution in [0.4, 0.5) is 5.69 Å². The Morgan fingerprint density at radius 3 is 2.48 bits per heavy atom. The highest BCUT2D eigenvalue weighted by Gasteiger charge is 2.21. The van der Waals surface area contributed by atoms with Crippen LogP contribution in [0.2, 0.25) is 0 Å². The quantitative estimate of drug-likeness (QED) is 0.829. The summed E-state index contributed by atoms with van der Waals surface area (Å²) in [5.74, 6) is -0.861. The van der Waals surface area contributed by atoms with Crippen LogP contribution in [0.1, 0.15) is 13.3 Å². The minimum Gasteiger partial charge on any atom is -0.479 e. The highest BCUT2D eigenvalue weighted by molar-refractivity contribution is 5.72. The van der Waals surface area contributed by atoms with Gasteiger partial charge in [0.15, 0.2) is 6.10 Å². The first-order valence-corrected chi connectivity index (χ1v) is 7.57. The summed E-state index contributed by atoms with van der Waals surface area (Å²) in [4.78, 5) is 15.7. The summed E-state index contributed by atoms with van der Waals surface area (Å²) in [5, 5.41) is 9.07. The minimum absolute atomic E-state index is 0.443. The van der Waals surface area contributed by atoms with Crippen LogP contribution in [0.25, 0.3) is 0 Å². The summed E-state index contributed by atoms with van der Waals surface area (Å²) in [5.41, 5.74) is 1.26. The summed E-state index contributed by atoms with van der Waals surface area (Å²) in [6.45, 7) is 6.94. The van der Waals surface area contributed by atoms with E-state index >= 15 is 0 Å². The maximum absolute atomic E-state index is 11.0. The SMILES string of the molecule is CCOC(CCN1CCN(c2ccccc2)CC1)C(=O)O. The van der Waals surface area contributed by atoms with Crippen LogP contribution >= 0.6 is 0 Å². The summed E-state index contributed by atoms with van der Waals surface area (Å²) in [7, 11) is 0. The number of ether oxygens (including phenoxy) is 1. The predicted molar refractivity (Wildman–Crippen MR) is 82.8 cm³/mol. The zero-order valence-electron chi connectivity index (χ0n) is 12.6. The number of aliphatic carboxylic acids is 1. The molecule has 1 aliphatic heterocycles. The van der Waals surface area contributed by atoms with E-state index in [4.69, 9.17) is 9.84 Å². The second-order valence-electron chi connectivity index (χ2n) is 5.24. The van der Waals surface area contributed by atoms with Gasteiger partial charge >= 0.3 is 5.97 Å². The molecule has 116 valence electrons. The predicted octanol–water partition coefficient (Wildman–Crippen LogP) is 1.69. The third-order valence-electron chi connectivity index (χ3n) is 3.84. The van der Waals surface area contributed by atoms with Gasteiger partial charge in [0.2, 0.25) is 0 Å². The molecule has 0 spiro atoms. The highest BCUT2D eigenvalue weighted by Crippen LogP contribution is 2.15. The number of benzene rings is 1. The number of hydrogen-bond acceptors (Lipinski definition) is 4. The third-order valence-corrected chi connectivity index (χ3v) is 3.84. The van der Waals surface area contributed by atoms with Gasteiger partial charge in [0, 0.05) is 45.0 Å². The van der Waals surface area contributed by atoms with Crippen LogP contribution in [0.3, 0.4) is 0 Å². The lowest BCUT2D eigenvalue weighted by molar-refractivity contribution is -0.150. The van der Waals surface area contributed by atoms with Crippen molar-refractivity contribution in [3.63, 3.8) is 0 Å². The Balaban J connectivity index is 1.75. The molecule has 5 heteroatoms. The average molecular weight is 292 g/mol. The summed E-state index contributed by atoms with van der Waals surface area (Å²) >= 11 is 0. The number of carboxylic acid groups (broad SMARTS) is 1. The molecule has 1 aliphatic rings. The van der Waals surface area contributed by atoms with Crippen LogP contribution in [0.15, 0.2) is 30.3 Å². The molecule has 21 heavy (non-hydrogen) atoms. The lowest BCUT2D eigenvalue weighted by Gasteiger charge is -2.36. The van der Waals surface area contributed by atoms with Gasteiger partial charge in [-0.25, -0.2) is 4.79 Å². The van der Waals surface area contributed by atoms with Crippen molar-refractivity contribution < 1.29 is 14.6 Å². The lowest BCUT2D eigenvalue weighted by atomic mass is 10.2. The van der Waals surface area contributed by atoms with Crippen molar-refractivity contribution in [3.05, 3.63) is 30.3 Å². The molecule has 5 nitrogen and oxygen atoms in total. The van der Waals surface area contributed by atoms with Crippen LogP contribution in [-0.4, -0.2) is 61.4 Å². The summed E-state index contributed by atoms with van der Waals surface area (Å²) in [6, 6.07) is 10.4. The van der Waals surface area contributed by atoms with Gasteiger partial charge in [-0.3, -0.25) is 4.90 Å². The molecule has 0 saturated carbocycles. The largest absolute Gasteiger partial charge is 0.479 e. The molecule has 1 N–H and O–H groups in total. The Morgan fingerprint density at radius 1 is 1.24 bits per heavy atom. The van der Waals surface area contributed by atoms with E-state index in [1.807, 2.05) is 13.0 Å². The molecular weight excluding hydrogens is 268 g/mol. The Morgan fingerprint density at radius 2 is 1.90 bits per heavy atom. The molecule has 1 aromatic rings. The Labute approximate surface area is 126 Å². The fourth-order valence-corrected chi connectivity index (χ4v) is 2.65. The van der Waals surface area contributed by atoms with E-state index in [2.05, 4.69) is 34.1 Å². The summed E-state index contributed by atoms with van der Waals surface area (Å²) in [6.07, 6.45) is -0.128. The first-order valence-electron chi connectivity index (χ1n) is 7.57. The van der Waals surface area contributed by atoms with Gasteiger partial charge in [0.05, 0.1) is 0 Å². The van der Waals surface area contributed by atoms with Gasteiger partial charge in [0.1, 0.15) is 0 Å². The van der Waals surface area contributed by atoms with Crippen molar-refractivity contribution >= 4 is 11.7 Å². The van der Waals surface area contributed by atoms with Crippen molar-refractivity contribution in [3.8, 4) is 0 Å². The molecule has 2 rings (SSSR count). The van der Waals surface area contributed by atoms with Gasteiger partial charge in [-0.2, -0.15) is 0 Å². The Hall–Kier alpha value is -1.59. The fraction of sp³-hybridized carbons (Fsp3) is 0.562. The molecule has 0 amide bonds. The normalized spacial score (nSPS) is 17.7. The minimum atomic E-state index is -0.861. The first-order chi connectivity index (χ1) is 10.2. The second kappa shape index (κ2) is 8.00. The molecule has 1 atom stereocenters. The van der Waals surface area contributed by atoms with Gasteiger partial charge in [0.25, 0.3) is 0 Å². The van der Waals surface area contributed by atoms with Crippen molar-refractivity contribution in [2.45, 2.75) is 19.4 Å². The lowest BCUT2D eigenvalue weighted by Crippen LogP contribution is -2.47. The molecule has 0 radical (unpaired) electrons. The zero-order valence-corrected chi connectivity index (χ0v) is 12.6. The topological polar surface area (TPSA) is 53.0 Å². The maximum atomic E-state index is 11.0. The molecular formula is C16H24N2O3. The molecule has 1 fully saturated rings. The van der Waals surface area contributed by atoms with Gasteiger partial charge in [-0.05, 0) is 25.5 Å². The zero-order chi connectivity index (χ0) is 15.1. The molecule has 1 aromatic carbocycles. The Bertz CT molecular complexity index is 430. The van der Waals surface area contributed by atoms with E-state index < -0.39 is 12.1 Å². The molecule has 1 heterocycles. The van der Waals surface area contributed by atoms with E-state index in [1.165, 1.54) is 5.69 Å². The number of rotatable bonds is 7. The molecule has 0 aromatic heterocycles. The highest BCUT2D eigenvalue weighted by atomic mass is 16.5. The third kappa shape index (κ3) is 4.72. The van der Waals surface area contributed by atoms with Crippen LogP contribution in [0, 0.1) is 0 Å². The number of para-hydroxylation sites is 1. The van der Waals surface area contributed by atoms with Crippen molar-refractivity contribution in [1.82, 2.24) is 4.90 Å². The number of nitrogens with zero attached hydrogens (tertiary/aromatic N) is 2. The van der Waals surface area contributed by atoms with Crippen LogP contribution in [-0.2, 0) is 9.53 Å².